The molecule has 0 bridgehead atoms. The zero-order chi connectivity index (χ0) is 20.2. The third-order valence-corrected chi connectivity index (χ3v) is 4.29. The molecule has 3 N–H and O–H groups in total. The van der Waals surface area contributed by atoms with Gasteiger partial charge in [0.05, 0.1) is 0 Å². The third-order valence-electron chi connectivity index (χ3n) is 4.29. The molecule has 1 aromatic rings. The van der Waals surface area contributed by atoms with E-state index in [4.69, 9.17) is 10.2 Å². The van der Waals surface area contributed by atoms with Gasteiger partial charge in [0.2, 0.25) is 0 Å². The van der Waals surface area contributed by atoms with Gasteiger partial charge < -0.3 is 15.3 Å². The van der Waals surface area contributed by atoms with Crippen LogP contribution < -0.4 is 11.4 Å². The number of carbonyl (C=O) groups is 1. The predicted octanol–water partition coefficient (Wildman–Crippen LogP) is 4.80. The minimum Gasteiger partial charge on any atom is -0.507 e. The van der Waals surface area contributed by atoms with Crippen LogP contribution in [-0.4, -0.2) is 10.9 Å². The molecule has 0 saturated carbocycles. The van der Waals surface area contributed by atoms with E-state index in [2.05, 4.69) is 6.92 Å². The molecule has 0 atom stereocenters. The Hall–Kier alpha value is -2.56. The van der Waals surface area contributed by atoms with Crippen molar-refractivity contribution in [1.82, 2.24) is 0 Å². The SMILES string of the molecule is CCCCC/C(C)=C\C=C(/C)C(=O)c1c(O)cc(CCC/C=C/N)oc1=O. The van der Waals surface area contributed by atoms with E-state index in [0.29, 0.717) is 17.8 Å². The van der Waals surface area contributed by atoms with Gasteiger partial charge >= 0.3 is 5.63 Å². The average molecular weight is 373 g/mol. The highest BCUT2D eigenvalue weighted by molar-refractivity contribution is 6.09. The Morgan fingerprint density at radius 2 is 1.96 bits per heavy atom. The van der Waals surface area contributed by atoms with Crippen LogP contribution in [0.3, 0.4) is 0 Å². The van der Waals surface area contributed by atoms with Crippen LogP contribution in [0.2, 0.25) is 0 Å². The second kappa shape index (κ2) is 11.9. The fraction of sp³-hybridized carbons (Fsp3) is 0.455. The first kappa shape index (κ1) is 22.5. The summed E-state index contributed by atoms with van der Waals surface area (Å²) in [6, 6.07) is 1.35. The molecule has 0 aromatic carbocycles. The van der Waals surface area contributed by atoms with E-state index in [1.165, 1.54) is 24.3 Å². The van der Waals surface area contributed by atoms with Crippen LogP contribution in [0, 0.1) is 0 Å². The summed E-state index contributed by atoms with van der Waals surface area (Å²) in [4.78, 5) is 24.7. The number of allylic oxidation sites excluding steroid dienone is 5. The fourth-order valence-electron chi connectivity index (χ4n) is 2.63. The number of nitrogens with two attached hydrogens (primary N) is 1. The average Bonchev–Trinajstić information content (AvgIpc) is 2.63. The maximum absolute atomic E-state index is 12.5. The van der Waals surface area contributed by atoms with Crippen LogP contribution in [0.15, 0.2) is 50.9 Å². The van der Waals surface area contributed by atoms with E-state index in [-0.39, 0.29) is 11.3 Å². The minimum atomic E-state index is -0.805. The molecule has 0 amide bonds. The molecule has 5 heteroatoms. The second-order valence-electron chi connectivity index (χ2n) is 6.73. The molecule has 1 rings (SSSR count). The standard InChI is InChI=1S/C22H31NO4/c1-4-5-7-10-16(2)12-13-17(3)21(25)20-19(24)15-18(27-22(20)26)11-8-6-9-14-23/h9,12-15,24H,4-8,10-11,23H2,1-3H3/b14-9+,16-12-,17-13+. The lowest BCUT2D eigenvalue weighted by atomic mass is 10.0. The van der Waals surface area contributed by atoms with Crippen molar-refractivity contribution in [2.24, 2.45) is 5.73 Å². The van der Waals surface area contributed by atoms with E-state index < -0.39 is 11.4 Å². The van der Waals surface area contributed by atoms with E-state index in [9.17, 15) is 14.7 Å². The molecule has 5 nitrogen and oxygen atoms in total. The Morgan fingerprint density at radius 3 is 2.59 bits per heavy atom. The van der Waals surface area contributed by atoms with Crippen LogP contribution >= 0.6 is 0 Å². The van der Waals surface area contributed by atoms with Gasteiger partial charge in [-0.1, -0.05) is 43.6 Å². The molecule has 1 heterocycles. The van der Waals surface area contributed by atoms with Crippen molar-refractivity contribution in [1.29, 1.82) is 0 Å². The number of carbonyl (C=O) groups excluding carboxylic acids is 1. The summed E-state index contributed by atoms with van der Waals surface area (Å²) in [5.41, 5.74) is 5.71. The molecule has 0 aliphatic heterocycles. The van der Waals surface area contributed by atoms with Gasteiger partial charge in [-0.25, -0.2) is 4.79 Å². The van der Waals surface area contributed by atoms with Crippen molar-refractivity contribution in [3.05, 3.63) is 63.4 Å². The molecule has 0 spiro atoms. The zero-order valence-corrected chi connectivity index (χ0v) is 16.6. The van der Waals surface area contributed by atoms with Crippen LogP contribution in [0.5, 0.6) is 5.75 Å². The van der Waals surface area contributed by atoms with Gasteiger partial charge in [0, 0.05) is 12.5 Å². The normalized spacial score (nSPS) is 12.7. The third kappa shape index (κ3) is 7.69. The smallest absolute Gasteiger partial charge is 0.351 e. The van der Waals surface area contributed by atoms with Crippen LogP contribution in [0.1, 0.15) is 75.4 Å². The van der Waals surface area contributed by atoms with Gasteiger partial charge in [-0.2, -0.15) is 0 Å². The van der Waals surface area contributed by atoms with Crippen LogP contribution in [0.4, 0.5) is 0 Å². The number of rotatable bonds is 11. The van der Waals surface area contributed by atoms with Gasteiger partial charge in [-0.3, -0.25) is 4.79 Å². The highest BCUT2D eigenvalue weighted by atomic mass is 16.4. The quantitative estimate of drug-likeness (QED) is 0.252. The molecule has 0 aliphatic carbocycles. The number of aryl methyl sites for hydroxylation is 1. The number of aromatic hydroxyl groups is 1. The van der Waals surface area contributed by atoms with E-state index in [1.807, 2.05) is 19.1 Å². The van der Waals surface area contributed by atoms with Gasteiger partial charge in [0.25, 0.3) is 0 Å². The van der Waals surface area contributed by atoms with Gasteiger partial charge in [-0.05, 0) is 51.3 Å². The number of unbranched alkanes of at least 4 members (excludes halogenated alkanes) is 3. The predicted molar refractivity (Wildman–Crippen MR) is 109 cm³/mol. The van der Waals surface area contributed by atoms with Crippen LogP contribution in [0.25, 0.3) is 0 Å². The van der Waals surface area contributed by atoms with Crippen LogP contribution in [-0.2, 0) is 6.42 Å². The summed E-state index contributed by atoms with van der Waals surface area (Å²) < 4.78 is 5.20. The zero-order valence-electron chi connectivity index (χ0n) is 16.6. The Bertz CT molecular complexity index is 769. The molecule has 1 aromatic heterocycles. The minimum absolute atomic E-state index is 0.314. The first-order chi connectivity index (χ1) is 12.9. The van der Waals surface area contributed by atoms with Gasteiger partial charge in [0.15, 0.2) is 5.78 Å². The van der Waals surface area contributed by atoms with Crippen molar-refractivity contribution in [2.75, 3.05) is 0 Å². The highest BCUT2D eigenvalue weighted by Crippen LogP contribution is 2.20. The van der Waals surface area contributed by atoms with Crippen molar-refractivity contribution < 1.29 is 14.3 Å². The lowest BCUT2D eigenvalue weighted by Crippen LogP contribution is -2.16. The van der Waals surface area contributed by atoms with Gasteiger partial charge in [0.1, 0.15) is 17.1 Å². The maximum Gasteiger partial charge on any atom is 0.351 e. The molecule has 0 fully saturated rings. The highest BCUT2D eigenvalue weighted by Gasteiger charge is 2.20. The molecule has 0 aliphatic rings. The van der Waals surface area contributed by atoms with E-state index in [1.54, 1.807) is 13.0 Å². The second-order valence-corrected chi connectivity index (χ2v) is 6.73. The van der Waals surface area contributed by atoms with Crippen molar-refractivity contribution >= 4 is 5.78 Å². The Labute approximate surface area is 161 Å². The van der Waals surface area contributed by atoms with Crippen molar-refractivity contribution in [2.45, 2.75) is 65.7 Å². The maximum atomic E-state index is 12.5. The topological polar surface area (TPSA) is 93.5 Å². The fourth-order valence-corrected chi connectivity index (χ4v) is 2.63. The summed E-state index contributed by atoms with van der Waals surface area (Å²) in [6.45, 7) is 5.80. The van der Waals surface area contributed by atoms with Crippen molar-refractivity contribution in [3.8, 4) is 5.75 Å². The molecule has 0 radical (unpaired) electrons. The molecule has 0 unspecified atom stereocenters. The number of hydrogen-bond acceptors (Lipinski definition) is 5. The Morgan fingerprint density at radius 1 is 1.22 bits per heavy atom. The van der Waals surface area contributed by atoms with E-state index in [0.717, 1.165) is 32.1 Å². The summed E-state index contributed by atoms with van der Waals surface area (Å²) >= 11 is 0. The molecular formula is C22H31NO4. The molecule has 0 saturated heterocycles. The molecular weight excluding hydrogens is 342 g/mol. The molecule has 148 valence electrons. The first-order valence-corrected chi connectivity index (χ1v) is 9.52. The molecule has 27 heavy (non-hydrogen) atoms. The summed E-state index contributed by atoms with van der Waals surface area (Å²) in [7, 11) is 0. The number of ketones is 1. The number of hydrogen-bond donors (Lipinski definition) is 2. The largest absolute Gasteiger partial charge is 0.507 e. The first-order valence-electron chi connectivity index (χ1n) is 9.52. The Kier molecular flexibility index (Phi) is 9.94. The lowest BCUT2D eigenvalue weighted by molar-refractivity contribution is 0.102. The monoisotopic (exact) mass is 373 g/mol. The van der Waals surface area contributed by atoms with Gasteiger partial charge in [-0.15, -0.1) is 0 Å². The lowest BCUT2D eigenvalue weighted by Gasteiger charge is -2.05. The summed E-state index contributed by atoms with van der Waals surface area (Å²) in [5, 5.41) is 10.2. The summed E-state index contributed by atoms with van der Waals surface area (Å²) in [6.07, 6.45) is 13.2. The summed E-state index contributed by atoms with van der Waals surface area (Å²) in [5.74, 6) is -0.499. The van der Waals surface area contributed by atoms with E-state index >= 15 is 0 Å². The Balaban J connectivity index is 2.88. The van der Waals surface area contributed by atoms with Crippen molar-refractivity contribution in [3.63, 3.8) is 0 Å². The number of Topliss-reactive ketones (excluding diaryl/α,β-unsaturated/α-hetero) is 1.